The first-order valence-corrected chi connectivity index (χ1v) is 9.46. The largest absolute Gasteiger partial charge is 0.493 e. The maximum atomic E-state index is 14.2. The van der Waals surface area contributed by atoms with Gasteiger partial charge in [0.1, 0.15) is 12.4 Å². The number of benzene rings is 2. The summed E-state index contributed by atoms with van der Waals surface area (Å²) in [5, 5.41) is 0. The zero-order valence-corrected chi connectivity index (χ0v) is 16.4. The van der Waals surface area contributed by atoms with E-state index in [4.69, 9.17) is 19.9 Å². The zero-order chi connectivity index (χ0) is 20.9. The minimum Gasteiger partial charge on any atom is -0.493 e. The van der Waals surface area contributed by atoms with E-state index in [9.17, 15) is 4.39 Å². The van der Waals surface area contributed by atoms with Gasteiger partial charge in [-0.25, -0.2) is 4.39 Å². The monoisotopic (exact) mass is 404 g/mol. The van der Waals surface area contributed by atoms with E-state index in [1.165, 1.54) is 12.1 Å². The van der Waals surface area contributed by atoms with Gasteiger partial charge in [0.15, 0.2) is 23.1 Å². The van der Waals surface area contributed by atoms with Gasteiger partial charge in [-0.2, -0.15) is 0 Å². The maximum absolute atomic E-state index is 14.2. The maximum Gasteiger partial charge on any atom is 0.167 e. The highest BCUT2D eigenvalue weighted by Crippen LogP contribution is 2.34. The molecular weight excluding hydrogens is 383 g/mol. The summed E-state index contributed by atoms with van der Waals surface area (Å²) in [5.41, 5.74) is 7.70. The summed E-state index contributed by atoms with van der Waals surface area (Å²) >= 11 is 0. The van der Waals surface area contributed by atoms with Crippen LogP contribution in [0.3, 0.4) is 0 Å². The van der Waals surface area contributed by atoms with E-state index < -0.39 is 5.82 Å². The van der Waals surface area contributed by atoms with E-state index in [1.807, 2.05) is 48.6 Å². The number of ether oxygens (including phenoxy) is 3. The standard InChI is InChI=1S/C24H21FN2O3/c1-28-23-10-8-18-20(14-24(23)29-15-16-5-3-2-4-6-16)27-12-11-21(18)30-22-9-7-17(26)13-19(22)25/h2-14,18H,15,26H2,1H3. The summed E-state index contributed by atoms with van der Waals surface area (Å²) in [6.07, 6.45) is 8.85. The fraction of sp³-hybridized carbons (Fsp3) is 0.125. The first-order chi connectivity index (χ1) is 14.6. The van der Waals surface area contributed by atoms with Gasteiger partial charge in [-0.15, -0.1) is 0 Å². The van der Waals surface area contributed by atoms with E-state index in [1.54, 1.807) is 25.5 Å². The Hall–Kier alpha value is -3.80. The van der Waals surface area contributed by atoms with Crippen molar-refractivity contribution in [3.8, 4) is 5.75 Å². The second-order valence-electron chi connectivity index (χ2n) is 6.75. The van der Waals surface area contributed by atoms with Crippen molar-refractivity contribution in [2.24, 2.45) is 10.9 Å². The third kappa shape index (κ3) is 4.27. The predicted molar refractivity (Wildman–Crippen MR) is 114 cm³/mol. The molecule has 0 fully saturated rings. The molecule has 0 aromatic heterocycles. The van der Waals surface area contributed by atoms with Crippen LogP contribution in [0.1, 0.15) is 5.56 Å². The van der Waals surface area contributed by atoms with Gasteiger partial charge in [0, 0.05) is 24.0 Å². The summed E-state index contributed by atoms with van der Waals surface area (Å²) < 4.78 is 31.6. The van der Waals surface area contributed by atoms with Crippen LogP contribution in [0.5, 0.6) is 5.75 Å². The summed E-state index contributed by atoms with van der Waals surface area (Å²) in [6, 6.07) is 14.2. The lowest BCUT2D eigenvalue weighted by molar-refractivity contribution is 0.182. The van der Waals surface area contributed by atoms with Crippen LogP contribution in [-0.4, -0.2) is 13.3 Å². The number of hydrogen-bond acceptors (Lipinski definition) is 5. The summed E-state index contributed by atoms with van der Waals surface area (Å²) in [5.74, 6) is 0.937. The van der Waals surface area contributed by atoms with Crippen LogP contribution in [0.2, 0.25) is 0 Å². The number of allylic oxidation sites excluding steroid dienone is 3. The Bertz CT molecular complexity index is 1080. The van der Waals surface area contributed by atoms with Gasteiger partial charge in [0.2, 0.25) is 0 Å². The molecule has 0 saturated carbocycles. The molecule has 1 atom stereocenters. The van der Waals surface area contributed by atoms with Gasteiger partial charge in [-0.05, 0) is 29.8 Å². The molecule has 1 aliphatic heterocycles. The van der Waals surface area contributed by atoms with Crippen molar-refractivity contribution in [1.29, 1.82) is 0 Å². The normalized spacial score (nSPS) is 17.6. The number of methoxy groups -OCH3 is 1. The number of fused-ring (bicyclic) bond motifs is 1. The highest BCUT2D eigenvalue weighted by Gasteiger charge is 2.25. The molecular formula is C24H21FN2O3. The van der Waals surface area contributed by atoms with E-state index in [2.05, 4.69) is 4.99 Å². The molecule has 2 aromatic carbocycles. The number of dihydropyridines is 1. The minimum absolute atomic E-state index is 0.100. The van der Waals surface area contributed by atoms with Crippen LogP contribution in [0, 0.1) is 11.7 Å². The SMILES string of the molecule is COC1=C(OCc2ccccc2)C=C2N=CC=C(Oc3ccc(N)cc3F)C2C=C1. The number of rotatable bonds is 6. The lowest BCUT2D eigenvalue weighted by Gasteiger charge is -2.20. The topological polar surface area (TPSA) is 66.1 Å². The van der Waals surface area contributed by atoms with Crippen LogP contribution in [0.4, 0.5) is 10.1 Å². The third-order valence-electron chi connectivity index (χ3n) is 4.69. The quantitative estimate of drug-likeness (QED) is 0.696. The highest BCUT2D eigenvalue weighted by atomic mass is 19.1. The zero-order valence-electron chi connectivity index (χ0n) is 16.4. The smallest absolute Gasteiger partial charge is 0.167 e. The van der Waals surface area contributed by atoms with Crippen LogP contribution < -0.4 is 10.5 Å². The number of halogens is 1. The molecule has 2 N–H and O–H groups in total. The first kappa shape index (κ1) is 19.5. The number of aliphatic imine (C=N–C) groups is 1. The van der Waals surface area contributed by atoms with E-state index in [0.29, 0.717) is 35.3 Å². The summed E-state index contributed by atoms with van der Waals surface area (Å²) in [4.78, 5) is 4.46. The number of nitrogens with zero attached hydrogens (tertiary/aromatic N) is 1. The molecule has 1 heterocycles. The Balaban J connectivity index is 1.57. The molecule has 0 radical (unpaired) electrons. The molecule has 0 bridgehead atoms. The number of nitrogens with two attached hydrogens (primary N) is 1. The Morgan fingerprint density at radius 1 is 1.10 bits per heavy atom. The molecule has 1 aliphatic carbocycles. The van der Waals surface area contributed by atoms with Crippen molar-refractivity contribution < 1.29 is 18.6 Å². The molecule has 0 saturated heterocycles. The molecule has 5 nitrogen and oxygen atoms in total. The van der Waals surface area contributed by atoms with Crippen molar-refractivity contribution >= 4 is 11.9 Å². The Kier molecular flexibility index (Phi) is 5.66. The number of anilines is 1. The van der Waals surface area contributed by atoms with Crippen molar-refractivity contribution in [3.05, 3.63) is 107 Å². The van der Waals surface area contributed by atoms with Crippen LogP contribution in [-0.2, 0) is 16.1 Å². The first-order valence-electron chi connectivity index (χ1n) is 9.46. The van der Waals surface area contributed by atoms with Crippen LogP contribution >= 0.6 is 0 Å². The molecule has 2 aromatic rings. The molecule has 2 aliphatic rings. The fourth-order valence-electron chi connectivity index (χ4n) is 3.16. The molecule has 6 heteroatoms. The van der Waals surface area contributed by atoms with Crippen molar-refractivity contribution in [3.63, 3.8) is 0 Å². The number of nitrogen functional groups attached to an aromatic ring is 1. The van der Waals surface area contributed by atoms with Crippen molar-refractivity contribution in [2.75, 3.05) is 12.8 Å². The molecule has 4 rings (SSSR count). The lowest BCUT2D eigenvalue weighted by atomic mass is 10.0. The number of hydrogen-bond donors (Lipinski definition) is 1. The molecule has 30 heavy (non-hydrogen) atoms. The molecule has 152 valence electrons. The highest BCUT2D eigenvalue weighted by molar-refractivity contribution is 5.76. The van der Waals surface area contributed by atoms with Gasteiger partial charge in [-0.3, -0.25) is 4.99 Å². The van der Waals surface area contributed by atoms with Gasteiger partial charge in [-0.1, -0.05) is 36.4 Å². The Labute approximate surface area is 174 Å². The summed E-state index contributed by atoms with van der Waals surface area (Å²) in [7, 11) is 1.58. The fourth-order valence-corrected chi connectivity index (χ4v) is 3.16. The molecule has 0 spiro atoms. The Morgan fingerprint density at radius 3 is 2.70 bits per heavy atom. The molecule has 0 amide bonds. The predicted octanol–water partition coefficient (Wildman–Crippen LogP) is 4.90. The second-order valence-corrected chi connectivity index (χ2v) is 6.75. The van der Waals surface area contributed by atoms with E-state index in [0.717, 1.165) is 5.56 Å². The second kappa shape index (κ2) is 8.69. The third-order valence-corrected chi connectivity index (χ3v) is 4.69. The van der Waals surface area contributed by atoms with E-state index >= 15 is 0 Å². The van der Waals surface area contributed by atoms with Crippen molar-refractivity contribution in [1.82, 2.24) is 0 Å². The summed E-state index contributed by atoms with van der Waals surface area (Å²) in [6.45, 7) is 0.394. The van der Waals surface area contributed by atoms with Gasteiger partial charge in [0.05, 0.1) is 18.7 Å². The molecule has 1 unspecified atom stereocenters. The minimum atomic E-state index is -0.524. The van der Waals surface area contributed by atoms with E-state index in [-0.39, 0.29) is 11.7 Å². The average molecular weight is 404 g/mol. The van der Waals surface area contributed by atoms with Gasteiger partial charge >= 0.3 is 0 Å². The van der Waals surface area contributed by atoms with Gasteiger partial charge < -0.3 is 19.9 Å². The Morgan fingerprint density at radius 2 is 1.93 bits per heavy atom. The van der Waals surface area contributed by atoms with Gasteiger partial charge in [0.25, 0.3) is 0 Å². The van der Waals surface area contributed by atoms with Crippen LogP contribution in [0.15, 0.2) is 101 Å². The average Bonchev–Trinajstić information content (AvgIpc) is 2.94. The van der Waals surface area contributed by atoms with Crippen molar-refractivity contribution in [2.45, 2.75) is 6.61 Å². The lowest BCUT2D eigenvalue weighted by Crippen LogP contribution is -2.14. The van der Waals surface area contributed by atoms with Crippen LogP contribution in [0.25, 0.3) is 0 Å².